The second-order valence-electron chi connectivity index (χ2n) is 11.2. The van der Waals surface area contributed by atoms with Gasteiger partial charge in [-0.05, 0) is 51.8 Å². The molecule has 9 nitrogen and oxygen atoms in total. The molecular weight excluding hydrogens is 484 g/mol. The first kappa shape index (κ1) is 28.6. The highest BCUT2D eigenvalue weighted by Gasteiger charge is 2.54. The zero-order chi connectivity index (χ0) is 27.7. The molecular formula is C26H39F2N5O4. The molecule has 0 radical (unpaired) electrons. The maximum Gasteiger partial charge on any atom is 0.318 e. The highest BCUT2D eigenvalue weighted by atomic mass is 19.2. The summed E-state index contributed by atoms with van der Waals surface area (Å²) in [6, 6.07) is 0.721. The maximum absolute atomic E-state index is 13.9. The largest absolute Gasteiger partial charge is 0.486 e. The Morgan fingerprint density at radius 1 is 1.05 bits per heavy atom. The Morgan fingerprint density at radius 3 is 2.30 bits per heavy atom. The van der Waals surface area contributed by atoms with Gasteiger partial charge in [0.05, 0.1) is 24.7 Å². The fourth-order valence-corrected chi connectivity index (χ4v) is 4.89. The van der Waals surface area contributed by atoms with Gasteiger partial charge < -0.3 is 30.5 Å². The van der Waals surface area contributed by atoms with Crippen LogP contribution in [0.2, 0.25) is 0 Å². The van der Waals surface area contributed by atoms with Crippen LogP contribution in [0.3, 0.4) is 0 Å². The minimum atomic E-state index is -1.05. The van der Waals surface area contributed by atoms with Crippen LogP contribution in [0.5, 0.6) is 5.75 Å². The number of carbonyl (C=O) groups excluding carboxylic acids is 3. The van der Waals surface area contributed by atoms with E-state index in [0.29, 0.717) is 13.0 Å². The van der Waals surface area contributed by atoms with E-state index < -0.39 is 41.3 Å². The molecule has 0 bridgehead atoms. The topological polar surface area (TPSA) is 103 Å². The van der Waals surface area contributed by atoms with Crippen LogP contribution in [0.4, 0.5) is 13.6 Å². The van der Waals surface area contributed by atoms with Gasteiger partial charge in [0.2, 0.25) is 11.8 Å². The molecule has 0 spiro atoms. The summed E-state index contributed by atoms with van der Waals surface area (Å²) in [5, 5.41) is 8.65. The minimum absolute atomic E-state index is 0.0918. The van der Waals surface area contributed by atoms with Gasteiger partial charge in [-0.3, -0.25) is 9.59 Å². The average Bonchev–Trinajstić information content (AvgIpc) is 3.39. The molecule has 1 aromatic rings. The molecule has 4 amide bonds. The van der Waals surface area contributed by atoms with E-state index in [2.05, 4.69) is 16.0 Å². The number of hydrogen-bond donors (Lipinski definition) is 3. The van der Waals surface area contributed by atoms with E-state index in [1.807, 2.05) is 34.6 Å². The van der Waals surface area contributed by atoms with E-state index in [1.165, 1.54) is 6.07 Å². The third-order valence-corrected chi connectivity index (χ3v) is 6.94. The van der Waals surface area contributed by atoms with Crippen LogP contribution in [-0.4, -0.2) is 84.1 Å². The molecule has 5 atom stereocenters. The number of urea groups is 1. The van der Waals surface area contributed by atoms with Crippen molar-refractivity contribution in [1.82, 2.24) is 25.8 Å². The lowest BCUT2D eigenvalue weighted by atomic mass is 9.85. The number of nitrogens with zero attached hydrogens (tertiary/aromatic N) is 2. The number of rotatable bonds is 7. The van der Waals surface area contributed by atoms with Crippen LogP contribution in [0.15, 0.2) is 18.2 Å². The van der Waals surface area contributed by atoms with E-state index >= 15 is 0 Å². The number of carbonyl (C=O) groups is 3. The Kier molecular flexibility index (Phi) is 8.66. The van der Waals surface area contributed by atoms with E-state index in [-0.39, 0.29) is 42.2 Å². The molecule has 11 heteroatoms. The lowest BCUT2D eigenvalue weighted by Gasteiger charge is -2.37. The lowest BCUT2D eigenvalue weighted by Crippen LogP contribution is -2.59. The first-order valence-electron chi connectivity index (χ1n) is 12.7. The van der Waals surface area contributed by atoms with Gasteiger partial charge in [0.25, 0.3) is 0 Å². The zero-order valence-corrected chi connectivity index (χ0v) is 22.6. The Hall–Kier alpha value is -2.95. The summed E-state index contributed by atoms with van der Waals surface area (Å²) in [6.07, 6.45) is -0.149. The SMILES string of the molecule is CNC(C)C(=O)NC(C(=O)N1CCC2C1C(Oc1ccc(F)c(F)c1)CN2C(=O)NC(C)C)C(C)(C)C. The van der Waals surface area contributed by atoms with Gasteiger partial charge in [0.15, 0.2) is 11.6 Å². The Balaban J connectivity index is 1.92. The Bertz CT molecular complexity index is 1020. The van der Waals surface area contributed by atoms with Crippen LogP contribution in [0.1, 0.15) is 48.0 Å². The van der Waals surface area contributed by atoms with Crippen LogP contribution in [-0.2, 0) is 9.59 Å². The van der Waals surface area contributed by atoms with Gasteiger partial charge in [0, 0.05) is 18.7 Å². The fraction of sp³-hybridized carbons (Fsp3) is 0.654. The summed E-state index contributed by atoms with van der Waals surface area (Å²) in [5.41, 5.74) is -0.595. The number of fused-ring (bicyclic) bond motifs is 1. The average molecular weight is 524 g/mol. The predicted molar refractivity (Wildman–Crippen MR) is 135 cm³/mol. The van der Waals surface area contributed by atoms with Crippen molar-refractivity contribution in [2.45, 2.75) is 84.3 Å². The monoisotopic (exact) mass is 523 g/mol. The number of nitrogens with one attached hydrogen (secondary N) is 3. The van der Waals surface area contributed by atoms with Crippen molar-refractivity contribution in [3.63, 3.8) is 0 Å². The number of likely N-dealkylation sites (N-methyl/N-ethyl adjacent to an activating group) is 1. The van der Waals surface area contributed by atoms with Gasteiger partial charge in [-0.1, -0.05) is 20.8 Å². The highest BCUT2D eigenvalue weighted by molar-refractivity contribution is 5.90. The molecule has 2 saturated heterocycles. The van der Waals surface area contributed by atoms with Crippen LogP contribution in [0, 0.1) is 17.0 Å². The molecule has 2 aliphatic rings. The molecule has 2 aliphatic heterocycles. The van der Waals surface area contributed by atoms with Crippen molar-refractivity contribution in [3.8, 4) is 5.75 Å². The molecule has 1 aromatic carbocycles. The van der Waals surface area contributed by atoms with Crippen molar-refractivity contribution in [3.05, 3.63) is 29.8 Å². The first-order chi connectivity index (χ1) is 17.2. The normalized spacial score (nSPS) is 23.0. The van der Waals surface area contributed by atoms with Crippen molar-refractivity contribution >= 4 is 17.8 Å². The molecule has 0 aliphatic carbocycles. The Morgan fingerprint density at radius 2 is 1.73 bits per heavy atom. The summed E-state index contributed by atoms with van der Waals surface area (Å²) < 4.78 is 33.4. The van der Waals surface area contributed by atoms with Gasteiger partial charge in [-0.25, -0.2) is 13.6 Å². The summed E-state index contributed by atoms with van der Waals surface area (Å²) in [4.78, 5) is 42.9. The van der Waals surface area contributed by atoms with Crippen LogP contribution < -0.4 is 20.7 Å². The predicted octanol–water partition coefficient (Wildman–Crippen LogP) is 2.25. The highest BCUT2D eigenvalue weighted by Crippen LogP contribution is 2.36. The number of halogens is 2. The number of benzene rings is 1. The molecule has 3 rings (SSSR count). The second-order valence-corrected chi connectivity index (χ2v) is 11.2. The maximum atomic E-state index is 13.9. The summed E-state index contributed by atoms with van der Waals surface area (Å²) in [6.45, 7) is 11.6. The number of likely N-dealkylation sites (tertiary alicyclic amines) is 2. The zero-order valence-electron chi connectivity index (χ0n) is 22.6. The summed E-state index contributed by atoms with van der Waals surface area (Å²) in [7, 11) is 1.67. The molecule has 0 saturated carbocycles. The first-order valence-corrected chi connectivity index (χ1v) is 12.7. The van der Waals surface area contributed by atoms with Crippen molar-refractivity contribution in [2.75, 3.05) is 20.1 Å². The third kappa shape index (κ3) is 6.31. The quantitative estimate of drug-likeness (QED) is 0.509. The minimum Gasteiger partial charge on any atom is -0.486 e. The van der Waals surface area contributed by atoms with Gasteiger partial charge in [0.1, 0.15) is 17.9 Å². The van der Waals surface area contributed by atoms with E-state index in [9.17, 15) is 23.2 Å². The molecule has 37 heavy (non-hydrogen) atoms. The van der Waals surface area contributed by atoms with E-state index in [1.54, 1.807) is 23.8 Å². The van der Waals surface area contributed by atoms with Crippen LogP contribution in [0.25, 0.3) is 0 Å². The van der Waals surface area contributed by atoms with Crippen molar-refractivity contribution in [1.29, 1.82) is 0 Å². The second kappa shape index (κ2) is 11.2. The van der Waals surface area contributed by atoms with Gasteiger partial charge in [-0.2, -0.15) is 0 Å². The van der Waals surface area contributed by atoms with Gasteiger partial charge in [-0.15, -0.1) is 0 Å². The third-order valence-electron chi connectivity index (χ3n) is 6.94. The summed E-state index contributed by atoms with van der Waals surface area (Å²) >= 11 is 0. The molecule has 206 valence electrons. The standard InChI is InChI=1S/C26H39F2N5O4/c1-14(2)30-25(36)33-13-20(37-16-8-9-17(27)18(28)12-16)21-19(33)10-11-32(21)24(35)22(26(4,5)6)31-23(34)15(3)29-7/h8-9,12,14-15,19-22,29H,10-11,13H2,1-7H3,(H,30,36)(H,31,34). The molecule has 5 unspecified atom stereocenters. The van der Waals surface area contributed by atoms with E-state index in [4.69, 9.17) is 4.74 Å². The molecule has 0 aromatic heterocycles. The summed E-state index contributed by atoms with van der Waals surface area (Å²) in [5.74, 6) is -2.51. The van der Waals surface area contributed by atoms with Crippen molar-refractivity contribution in [2.24, 2.45) is 5.41 Å². The smallest absolute Gasteiger partial charge is 0.318 e. The number of hydrogen-bond acceptors (Lipinski definition) is 5. The van der Waals surface area contributed by atoms with E-state index in [0.717, 1.165) is 12.1 Å². The molecule has 2 heterocycles. The fourth-order valence-electron chi connectivity index (χ4n) is 4.89. The molecule has 3 N–H and O–H groups in total. The number of ether oxygens (including phenoxy) is 1. The lowest BCUT2D eigenvalue weighted by molar-refractivity contribution is -0.141. The van der Waals surface area contributed by atoms with Crippen LogP contribution >= 0.6 is 0 Å². The van der Waals surface area contributed by atoms with Gasteiger partial charge >= 0.3 is 6.03 Å². The van der Waals surface area contributed by atoms with Crippen molar-refractivity contribution < 1.29 is 27.9 Å². The Labute approximate surface area is 217 Å². The number of amides is 4. The molecule has 2 fully saturated rings.